The highest BCUT2D eigenvalue weighted by atomic mass is 14.9. The summed E-state index contributed by atoms with van der Waals surface area (Å²) in [5, 5.41) is 3.66. The van der Waals surface area contributed by atoms with E-state index in [0.29, 0.717) is 6.04 Å². The topological polar surface area (TPSA) is 12.0 Å². The van der Waals surface area contributed by atoms with E-state index in [9.17, 15) is 0 Å². The van der Waals surface area contributed by atoms with Gasteiger partial charge in [-0.05, 0) is 87.5 Å². The number of fused-ring (bicyclic) bond motifs is 1. The van der Waals surface area contributed by atoms with E-state index in [1.54, 1.807) is 5.57 Å². The molecule has 1 aliphatic heterocycles. The van der Waals surface area contributed by atoms with Crippen LogP contribution in [0.15, 0.2) is 11.6 Å². The number of rotatable bonds is 7. The molecule has 3 rings (SSSR count). The summed E-state index contributed by atoms with van der Waals surface area (Å²) in [5.74, 6) is 5.89. The fraction of sp³-hybridized carbons (Fsp3) is 0.917. The Morgan fingerprint density at radius 2 is 1.76 bits per heavy atom. The first-order valence-electron chi connectivity index (χ1n) is 11.6. The molecule has 7 atom stereocenters. The van der Waals surface area contributed by atoms with Gasteiger partial charge < -0.3 is 5.32 Å². The molecule has 0 amide bonds. The van der Waals surface area contributed by atoms with Crippen molar-refractivity contribution in [3.8, 4) is 0 Å². The predicted octanol–water partition coefficient (Wildman–Crippen LogP) is 6.59. The third kappa shape index (κ3) is 4.52. The Bertz CT molecular complexity index is 439. The quantitative estimate of drug-likeness (QED) is 0.513. The van der Waals surface area contributed by atoms with Crippen LogP contribution >= 0.6 is 0 Å². The second kappa shape index (κ2) is 9.07. The van der Waals surface area contributed by atoms with Crippen molar-refractivity contribution in [3.05, 3.63) is 11.6 Å². The Morgan fingerprint density at radius 1 is 1.00 bits per heavy atom. The van der Waals surface area contributed by atoms with Crippen molar-refractivity contribution in [3.63, 3.8) is 0 Å². The zero-order valence-electron chi connectivity index (χ0n) is 17.4. The summed E-state index contributed by atoms with van der Waals surface area (Å²) in [7, 11) is 0. The van der Waals surface area contributed by atoms with E-state index >= 15 is 0 Å². The van der Waals surface area contributed by atoms with Gasteiger partial charge in [0.2, 0.25) is 0 Å². The maximum Gasteiger partial charge on any atom is 0.0253 e. The molecule has 0 radical (unpaired) electrons. The third-order valence-corrected chi connectivity index (χ3v) is 8.31. The molecular formula is C24H43N. The molecule has 1 heterocycles. The lowest BCUT2D eigenvalue weighted by molar-refractivity contribution is 0.173. The maximum atomic E-state index is 3.66. The van der Waals surface area contributed by atoms with Crippen LogP contribution in [0.5, 0.6) is 0 Å². The minimum Gasteiger partial charge on any atom is -0.310 e. The first-order valence-corrected chi connectivity index (χ1v) is 11.6. The van der Waals surface area contributed by atoms with Gasteiger partial charge in [0.25, 0.3) is 0 Å². The van der Waals surface area contributed by atoms with Crippen molar-refractivity contribution in [2.75, 3.05) is 6.54 Å². The Labute approximate surface area is 157 Å². The number of hydrogen-bond donors (Lipinski definition) is 1. The van der Waals surface area contributed by atoms with Crippen LogP contribution in [-0.2, 0) is 0 Å². The van der Waals surface area contributed by atoms with Crippen LogP contribution in [0.3, 0.4) is 0 Å². The van der Waals surface area contributed by atoms with Crippen molar-refractivity contribution in [1.82, 2.24) is 5.32 Å². The summed E-state index contributed by atoms with van der Waals surface area (Å²) < 4.78 is 0. The minimum atomic E-state index is 0.632. The van der Waals surface area contributed by atoms with Crippen molar-refractivity contribution in [2.24, 2.45) is 35.5 Å². The summed E-state index contributed by atoms with van der Waals surface area (Å²) in [4.78, 5) is 0. The van der Waals surface area contributed by atoms with E-state index in [0.717, 1.165) is 35.5 Å². The minimum absolute atomic E-state index is 0.632. The van der Waals surface area contributed by atoms with Crippen molar-refractivity contribution in [1.29, 1.82) is 0 Å². The lowest BCUT2D eigenvalue weighted by atomic mass is 9.68. The zero-order valence-corrected chi connectivity index (χ0v) is 17.4. The molecule has 7 unspecified atom stereocenters. The highest BCUT2D eigenvalue weighted by Crippen LogP contribution is 2.45. The maximum absolute atomic E-state index is 3.66. The highest BCUT2D eigenvalue weighted by molar-refractivity contribution is 5.19. The van der Waals surface area contributed by atoms with Crippen LogP contribution in [0.25, 0.3) is 0 Å². The Morgan fingerprint density at radius 3 is 2.44 bits per heavy atom. The number of nitrogens with one attached hydrogen (secondary N) is 1. The second-order valence-corrected chi connectivity index (χ2v) is 9.52. The fourth-order valence-corrected chi connectivity index (χ4v) is 6.53. The van der Waals surface area contributed by atoms with Crippen LogP contribution in [0.2, 0.25) is 0 Å². The summed E-state index contributed by atoms with van der Waals surface area (Å²) in [6.45, 7) is 10.9. The first kappa shape index (κ1) is 19.5. The Hall–Kier alpha value is -0.300. The van der Waals surface area contributed by atoms with Crippen LogP contribution in [0, 0.1) is 35.5 Å². The molecule has 0 spiro atoms. The van der Waals surface area contributed by atoms with Gasteiger partial charge >= 0.3 is 0 Å². The molecule has 1 N–H and O–H groups in total. The average molecular weight is 346 g/mol. The van der Waals surface area contributed by atoms with Crippen LogP contribution in [-0.4, -0.2) is 12.6 Å². The van der Waals surface area contributed by atoms with E-state index in [-0.39, 0.29) is 0 Å². The van der Waals surface area contributed by atoms with E-state index in [4.69, 9.17) is 0 Å². The molecule has 1 nitrogen and oxygen atoms in total. The van der Waals surface area contributed by atoms with Gasteiger partial charge in [0.1, 0.15) is 0 Å². The molecule has 3 aliphatic rings. The molecule has 0 bridgehead atoms. The summed E-state index contributed by atoms with van der Waals surface area (Å²) in [6, 6.07) is 0.632. The van der Waals surface area contributed by atoms with Crippen LogP contribution < -0.4 is 5.32 Å². The molecule has 144 valence electrons. The van der Waals surface area contributed by atoms with Gasteiger partial charge in [-0.3, -0.25) is 0 Å². The SMILES string of the molecule is CCC1CCC(C(CC)CC(CC)C2CC=C3C(CCNC3C)C2)C1. The molecule has 1 heteroatoms. The van der Waals surface area contributed by atoms with Gasteiger partial charge in [-0.25, -0.2) is 0 Å². The first-order chi connectivity index (χ1) is 12.2. The molecule has 0 aromatic rings. The van der Waals surface area contributed by atoms with Gasteiger partial charge in [0, 0.05) is 6.04 Å². The van der Waals surface area contributed by atoms with Gasteiger partial charge in [-0.1, -0.05) is 58.1 Å². The Kier molecular flexibility index (Phi) is 7.06. The summed E-state index contributed by atoms with van der Waals surface area (Å²) in [5.41, 5.74) is 1.74. The molecule has 2 aliphatic carbocycles. The molecule has 1 saturated heterocycles. The summed E-state index contributed by atoms with van der Waals surface area (Å²) >= 11 is 0. The highest BCUT2D eigenvalue weighted by Gasteiger charge is 2.35. The van der Waals surface area contributed by atoms with Gasteiger partial charge in [-0.2, -0.15) is 0 Å². The number of allylic oxidation sites excluding steroid dienone is 1. The van der Waals surface area contributed by atoms with E-state index < -0.39 is 0 Å². The van der Waals surface area contributed by atoms with E-state index in [1.807, 2.05) is 0 Å². The predicted molar refractivity (Wildman–Crippen MR) is 110 cm³/mol. The molecular weight excluding hydrogens is 302 g/mol. The molecule has 0 aromatic carbocycles. The molecule has 0 aromatic heterocycles. The lowest BCUT2D eigenvalue weighted by Crippen LogP contribution is -2.41. The molecule has 2 fully saturated rings. The third-order valence-electron chi connectivity index (χ3n) is 8.31. The van der Waals surface area contributed by atoms with Crippen molar-refractivity contribution >= 4 is 0 Å². The lowest BCUT2D eigenvalue weighted by Gasteiger charge is -2.41. The zero-order chi connectivity index (χ0) is 17.8. The van der Waals surface area contributed by atoms with Gasteiger partial charge in [0.05, 0.1) is 0 Å². The number of piperidine rings is 1. The average Bonchev–Trinajstić information content (AvgIpc) is 3.12. The standard InChI is InChI=1S/C24H43N/c1-5-18-8-9-21(14-18)19(6-2)15-20(7-3)22-10-11-24-17(4)25-13-12-23(24)16-22/h11,17-23,25H,5-10,12-16H2,1-4H3. The van der Waals surface area contributed by atoms with Crippen LogP contribution in [0.1, 0.15) is 91.9 Å². The summed E-state index contributed by atoms with van der Waals surface area (Å²) in [6.07, 6.45) is 17.2. The second-order valence-electron chi connectivity index (χ2n) is 9.52. The van der Waals surface area contributed by atoms with Gasteiger partial charge in [-0.15, -0.1) is 0 Å². The van der Waals surface area contributed by atoms with Gasteiger partial charge in [0.15, 0.2) is 0 Å². The monoisotopic (exact) mass is 345 g/mol. The van der Waals surface area contributed by atoms with E-state index in [1.165, 1.54) is 70.8 Å². The molecule has 25 heavy (non-hydrogen) atoms. The fourth-order valence-electron chi connectivity index (χ4n) is 6.53. The normalized spacial score (nSPS) is 38.1. The van der Waals surface area contributed by atoms with Crippen LogP contribution in [0.4, 0.5) is 0 Å². The van der Waals surface area contributed by atoms with Crippen molar-refractivity contribution < 1.29 is 0 Å². The number of hydrogen-bond acceptors (Lipinski definition) is 1. The Balaban J connectivity index is 1.60. The van der Waals surface area contributed by atoms with E-state index in [2.05, 4.69) is 39.1 Å². The smallest absolute Gasteiger partial charge is 0.0253 e. The molecule has 1 saturated carbocycles. The van der Waals surface area contributed by atoms with Crippen molar-refractivity contribution in [2.45, 2.75) is 97.9 Å². The largest absolute Gasteiger partial charge is 0.310 e.